The number of pyridine rings is 1. The molecule has 146 valence electrons. The molecule has 0 aliphatic rings. The van der Waals surface area contributed by atoms with E-state index < -0.39 is 6.09 Å². The molecular weight excluding hydrogens is 368 g/mol. The minimum absolute atomic E-state index is 0.366. The maximum Gasteiger partial charge on any atom is 0.405 e. The Morgan fingerprint density at radius 2 is 2.14 bits per heavy atom. The Bertz CT molecular complexity index is 1220. The monoisotopic (exact) mass is 388 g/mol. The summed E-state index contributed by atoms with van der Waals surface area (Å²) in [4.78, 5) is 24.0. The highest BCUT2D eigenvalue weighted by Gasteiger charge is 2.17. The van der Waals surface area contributed by atoms with Crippen molar-refractivity contribution >= 4 is 33.8 Å². The highest BCUT2D eigenvalue weighted by Crippen LogP contribution is 2.33. The molecule has 4 rings (SSSR count). The molecule has 1 aromatic carbocycles. The van der Waals surface area contributed by atoms with Crippen LogP contribution in [0, 0.1) is 0 Å². The summed E-state index contributed by atoms with van der Waals surface area (Å²) in [5.41, 5.74) is 9.59. The quantitative estimate of drug-likeness (QED) is 0.435. The van der Waals surface area contributed by atoms with Crippen molar-refractivity contribution in [2.24, 2.45) is 0 Å². The molecule has 0 saturated heterocycles. The Balaban J connectivity index is 1.76. The second kappa shape index (κ2) is 7.59. The average Bonchev–Trinajstić information content (AvgIpc) is 3.10. The van der Waals surface area contributed by atoms with Gasteiger partial charge >= 0.3 is 6.09 Å². The number of hydrogen-bond donors (Lipinski definition) is 3. The summed E-state index contributed by atoms with van der Waals surface area (Å²) < 4.78 is 1.96. The van der Waals surface area contributed by atoms with E-state index in [-0.39, 0.29) is 6.04 Å². The van der Waals surface area contributed by atoms with Crippen LogP contribution in [0.5, 0.6) is 0 Å². The van der Waals surface area contributed by atoms with Gasteiger partial charge in [-0.25, -0.2) is 14.8 Å². The second-order valence-electron chi connectivity index (χ2n) is 6.69. The number of aryl methyl sites for hydroxylation is 1. The molecule has 8 heteroatoms. The lowest BCUT2D eigenvalue weighted by Crippen LogP contribution is -2.32. The average molecular weight is 388 g/mol. The smallest absolute Gasteiger partial charge is 0.405 e. The summed E-state index contributed by atoms with van der Waals surface area (Å²) in [5, 5.41) is 13.2. The van der Waals surface area contributed by atoms with Gasteiger partial charge in [0, 0.05) is 35.5 Å². The standard InChI is InChI=1S/C21H20N6O2/c1-2-15(26-21(28)29)7-8-27-11-16(18-19(22)24-12-25-20(18)27)14-9-13-5-3-4-6-17(13)23-10-14/h2-6,9-12,15,26H,1,7-8H2,(H,28,29)(H2,22,24,25). The molecule has 1 unspecified atom stereocenters. The molecule has 0 fully saturated rings. The van der Waals surface area contributed by atoms with Gasteiger partial charge in [-0.3, -0.25) is 4.98 Å². The number of hydrogen-bond acceptors (Lipinski definition) is 5. The van der Waals surface area contributed by atoms with E-state index in [0.717, 1.165) is 27.4 Å². The highest BCUT2D eigenvalue weighted by atomic mass is 16.4. The van der Waals surface area contributed by atoms with Crippen molar-refractivity contribution in [3.63, 3.8) is 0 Å². The van der Waals surface area contributed by atoms with Crippen LogP contribution in [0.2, 0.25) is 0 Å². The number of carboxylic acid groups (broad SMARTS) is 1. The third-order valence-electron chi connectivity index (χ3n) is 4.86. The van der Waals surface area contributed by atoms with Gasteiger partial charge in [0.05, 0.1) is 16.9 Å². The summed E-state index contributed by atoms with van der Waals surface area (Å²) in [6.07, 6.45) is 6.23. The molecule has 1 amide bonds. The van der Waals surface area contributed by atoms with Crippen LogP contribution in [-0.2, 0) is 6.54 Å². The molecule has 0 bridgehead atoms. The van der Waals surface area contributed by atoms with Gasteiger partial charge in [0.1, 0.15) is 17.8 Å². The molecule has 0 saturated carbocycles. The number of benzene rings is 1. The lowest BCUT2D eigenvalue weighted by Gasteiger charge is -2.13. The van der Waals surface area contributed by atoms with E-state index in [0.29, 0.717) is 24.4 Å². The van der Waals surface area contributed by atoms with Crippen LogP contribution in [-0.4, -0.2) is 36.8 Å². The zero-order valence-corrected chi connectivity index (χ0v) is 15.6. The van der Waals surface area contributed by atoms with Gasteiger partial charge in [-0.05, 0) is 18.6 Å². The molecule has 0 aliphatic heterocycles. The Kier molecular flexibility index (Phi) is 4.82. The van der Waals surface area contributed by atoms with Crippen molar-refractivity contribution < 1.29 is 9.90 Å². The fourth-order valence-corrected chi connectivity index (χ4v) is 3.44. The van der Waals surface area contributed by atoms with E-state index in [1.165, 1.54) is 6.33 Å². The topological polar surface area (TPSA) is 119 Å². The Morgan fingerprint density at radius 1 is 1.31 bits per heavy atom. The zero-order valence-electron chi connectivity index (χ0n) is 15.6. The number of para-hydroxylation sites is 1. The van der Waals surface area contributed by atoms with Crippen molar-refractivity contribution in [2.45, 2.75) is 19.0 Å². The third kappa shape index (κ3) is 3.60. The molecule has 1 atom stereocenters. The largest absolute Gasteiger partial charge is 0.465 e. The van der Waals surface area contributed by atoms with E-state index in [2.05, 4.69) is 32.9 Å². The number of fused-ring (bicyclic) bond motifs is 2. The number of anilines is 1. The van der Waals surface area contributed by atoms with Crippen molar-refractivity contribution in [2.75, 3.05) is 5.73 Å². The minimum atomic E-state index is -1.08. The third-order valence-corrected chi connectivity index (χ3v) is 4.86. The van der Waals surface area contributed by atoms with Crippen molar-refractivity contribution in [1.82, 2.24) is 24.8 Å². The van der Waals surface area contributed by atoms with E-state index in [1.54, 1.807) is 6.08 Å². The van der Waals surface area contributed by atoms with Crippen molar-refractivity contribution in [3.8, 4) is 11.1 Å². The lowest BCUT2D eigenvalue weighted by molar-refractivity contribution is 0.191. The molecular formula is C21H20N6O2. The van der Waals surface area contributed by atoms with Crippen LogP contribution >= 0.6 is 0 Å². The first-order valence-corrected chi connectivity index (χ1v) is 9.13. The van der Waals surface area contributed by atoms with Crippen LogP contribution in [0.4, 0.5) is 10.6 Å². The number of nitrogens with two attached hydrogens (primary N) is 1. The first-order chi connectivity index (χ1) is 14.1. The minimum Gasteiger partial charge on any atom is -0.465 e. The first kappa shape index (κ1) is 18.4. The van der Waals surface area contributed by atoms with E-state index in [4.69, 9.17) is 10.8 Å². The van der Waals surface area contributed by atoms with Gasteiger partial charge in [0.2, 0.25) is 0 Å². The van der Waals surface area contributed by atoms with Crippen LogP contribution in [0.3, 0.4) is 0 Å². The molecule has 3 aromatic heterocycles. The Labute approximate surface area is 166 Å². The van der Waals surface area contributed by atoms with E-state index in [1.807, 2.05) is 41.2 Å². The molecule has 0 spiro atoms. The molecule has 4 N–H and O–H groups in total. The lowest BCUT2D eigenvalue weighted by atomic mass is 10.1. The maximum absolute atomic E-state index is 10.9. The van der Waals surface area contributed by atoms with Gasteiger partial charge in [0.25, 0.3) is 0 Å². The number of nitrogen functional groups attached to an aromatic ring is 1. The first-order valence-electron chi connectivity index (χ1n) is 9.13. The van der Waals surface area contributed by atoms with Gasteiger partial charge < -0.3 is 20.7 Å². The summed E-state index contributed by atoms with van der Waals surface area (Å²) in [7, 11) is 0. The summed E-state index contributed by atoms with van der Waals surface area (Å²) >= 11 is 0. The molecule has 8 nitrogen and oxygen atoms in total. The van der Waals surface area contributed by atoms with Gasteiger partial charge in [-0.2, -0.15) is 0 Å². The van der Waals surface area contributed by atoms with Crippen LogP contribution in [0.25, 0.3) is 33.1 Å². The van der Waals surface area contributed by atoms with Gasteiger partial charge in [-0.1, -0.05) is 24.3 Å². The van der Waals surface area contributed by atoms with Crippen LogP contribution in [0.15, 0.2) is 61.7 Å². The van der Waals surface area contributed by atoms with E-state index in [9.17, 15) is 4.79 Å². The van der Waals surface area contributed by atoms with Gasteiger partial charge in [-0.15, -0.1) is 6.58 Å². The number of rotatable bonds is 6. The second-order valence-corrected chi connectivity index (χ2v) is 6.69. The SMILES string of the molecule is C=CC(CCn1cc(-c2cnc3ccccc3c2)c2c(N)ncnc21)NC(=O)O. The fraction of sp³-hybridized carbons (Fsp3) is 0.143. The molecule has 3 heterocycles. The van der Waals surface area contributed by atoms with Crippen molar-refractivity contribution in [3.05, 3.63) is 61.7 Å². The summed E-state index contributed by atoms with van der Waals surface area (Å²) in [6, 6.07) is 9.59. The summed E-state index contributed by atoms with van der Waals surface area (Å²) in [6.45, 7) is 4.23. The number of carbonyl (C=O) groups is 1. The fourth-order valence-electron chi connectivity index (χ4n) is 3.44. The van der Waals surface area contributed by atoms with E-state index >= 15 is 0 Å². The number of amides is 1. The Hall–Kier alpha value is -3.94. The molecule has 0 aliphatic carbocycles. The predicted molar refractivity (Wildman–Crippen MR) is 112 cm³/mol. The normalized spacial score (nSPS) is 12.1. The number of nitrogens with one attached hydrogen (secondary N) is 1. The Morgan fingerprint density at radius 3 is 2.93 bits per heavy atom. The zero-order chi connectivity index (χ0) is 20.4. The predicted octanol–water partition coefficient (Wildman–Crippen LogP) is 3.44. The summed E-state index contributed by atoms with van der Waals surface area (Å²) in [5.74, 6) is 0.390. The number of nitrogens with zero attached hydrogens (tertiary/aromatic N) is 4. The van der Waals surface area contributed by atoms with Crippen molar-refractivity contribution in [1.29, 1.82) is 0 Å². The molecule has 29 heavy (non-hydrogen) atoms. The molecule has 0 radical (unpaired) electrons. The number of aromatic nitrogens is 4. The highest BCUT2D eigenvalue weighted by molar-refractivity contribution is 6.01. The van der Waals surface area contributed by atoms with Gasteiger partial charge in [0.15, 0.2) is 0 Å². The molecule has 4 aromatic rings. The van der Waals surface area contributed by atoms with Crippen LogP contribution < -0.4 is 11.1 Å². The maximum atomic E-state index is 10.9. The van der Waals surface area contributed by atoms with Crippen LogP contribution in [0.1, 0.15) is 6.42 Å².